The number of ether oxygens (including phenoxy) is 1. The van der Waals surface area contributed by atoms with Crippen LogP contribution in [0.25, 0.3) is 0 Å². The van der Waals surface area contributed by atoms with Gasteiger partial charge in [0.25, 0.3) is 0 Å². The number of hydrogen-bond acceptors (Lipinski definition) is 3. The fraction of sp³-hybridized carbons (Fsp3) is 0.0714. The second-order valence-electron chi connectivity index (χ2n) is 4.03. The highest BCUT2D eigenvalue weighted by Crippen LogP contribution is 2.33. The van der Waals surface area contributed by atoms with Crippen LogP contribution in [0.15, 0.2) is 53.0 Å². The summed E-state index contributed by atoms with van der Waals surface area (Å²) >= 11 is 3.35. The maximum atomic E-state index is 11.7. The van der Waals surface area contributed by atoms with E-state index in [2.05, 4.69) is 21.2 Å². The van der Waals surface area contributed by atoms with Gasteiger partial charge < -0.3 is 10.1 Å². The monoisotopic (exact) mass is 303 g/mol. The van der Waals surface area contributed by atoms with Gasteiger partial charge >= 0.3 is 5.97 Å². The molecule has 0 aromatic heterocycles. The van der Waals surface area contributed by atoms with Gasteiger partial charge in [-0.25, -0.2) is 4.79 Å². The van der Waals surface area contributed by atoms with E-state index in [-0.39, 0.29) is 5.97 Å². The van der Waals surface area contributed by atoms with Gasteiger partial charge in [-0.05, 0) is 24.3 Å². The van der Waals surface area contributed by atoms with Crippen LogP contribution in [0.1, 0.15) is 22.1 Å². The number of rotatable bonds is 2. The van der Waals surface area contributed by atoms with Crippen LogP contribution >= 0.6 is 15.9 Å². The average Bonchev–Trinajstić information content (AvgIpc) is 2.67. The van der Waals surface area contributed by atoms with Gasteiger partial charge in [-0.15, -0.1) is 0 Å². The van der Waals surface area contributed by atoms with E-state index in [0.29, 0.717) is 5.56 Å². The third-order valence-electron chi connectivity index (χ3n) is 2.81. The van der Waals surface area contributed by atoms with Gasteiger partial charge in [0.05, 0.1) is 5.56 Å². The Labute approximate surface area is 113 Å². The lowest BCUT2D eigenvalue weighted by Gasteiger charge is -2.14. The lowest BCUT2D eigenvalue weighted by Crippen LogP contribution is -2.09. The van der Waals surface area contributed by atoms with Crippen molar-refractivity contribution in [2.75, 3.05) is 5.32 Å². The van der Waals surface area contributed by atoms with Crippen molar-refractivity contribution in [2.45, 2.75) is 6.23 Å². The lowest BCUT2D eigenvalue weighted by molar-refractivity contribution is 0.0437. The molecule has 0 radical (unpaired) electrons. The average molecular weight is 304 g/mol. The molecule has 2 aromatic rings. The molecule has 1 atom stereocenters. The first-order valence-electron chi connectivity index (χ1n) is 5.56. The first-order valence-corrected chi connectivity index (χ1v) is 6.35. The lowest BCUT2D eigenvalue weighted by atomic mass is 10.1. The highest BCUT2D eigenvalue weighted by molar-refractivity contribution is 9.10. The summed E-state index contributed by atoms with van der Waals surface area (Å²) in [7, 11) is 0. The summed E-state index contributed by atoms with van der Waals surface area (Å²) < 4.78 is 6.19. The molecule has 0 saturated carbocycles. The Balaban J connectivity index is 1.91. The van der Waals surface area contributed by atoms with E-state index in [4.69, 9.17) is 4.74 Å². The van der Waals surface area contributed by atoms with Crippen molar-refractivity contribution in [1.82, 2.24) is 0 Å². The van der Waals surface area contributed by atoms with E-state index >= 15 is 0 Å². The van der Waals surface area contributed by atoms with Crippen molar-refractivity contribution in [3.05, 3.63) is 64.1 Å². The van der Waals surface area contributed by atoms with Gasteiger partial charge in [-0.1, -0.05) is 40.2 Å². The fourth-order valence-corrected chi connectivity index (χ4v) is 2.32. The third kappa shape index (κ3) is 1.99. The predicted octanol–water partition coefficient (Wildman–Crippen LogP) is 3.73. The molecule has 0 fully saturated rings. The largest absolute Gasteiger partial charge is 0.434 e. The van der Waals surface area contributed by atoms with E-state index in [0.717, 1.165) is 15.7 Å². The van der Waals surface area contributed by atoms with Crippen molar-refractivity contribution in [3.8, 4) is 0 Å². The Morgan fingerprint density at radius 2 is 1.89 bits per heavy atom. The molecule has 0 saturated heterocycles. The van der Waals surface area contributed by atoms with Gasteiger partial charge in [0, 0.05) is 15.7 Å². The maximum absolute atomic E-state index is 11.7. The number of halogens is 1. The highest BCUT2D eigenvalue weighted by atomic mass is 79.9. The Morgan fingerprint density at radius 1 is 1.11 bits per heavy atom. The Hall–Kier alpha value is -1.81. The van der Waals surface area contributed by atoms with Crippen LogP contribution < -0.4 is 5.32 Å². The number of para-hydroxylation sites is 1. The summed E-state index contributed by atoms with van der Waals surface area (Å²) in [5, 5.41) is 3.19. The van der Waals surface area contributed by atoms with Crippen molar-refractivity contribution < 1.29 is 9.53 Å². The molecule has 2 aromatic carbocycles. The number of benzene rings is 2. The van der Waals surface area contributed by atoms with E-state index in [1.54, 1.807) is 6.07 Å². The van der Waals surface area contributed by atoms with Crippen LogP contribution in [0.5, 0.6) is 0 Å². The zero-order valence-electron chi connectivity index (χ0n) is 9.39. The Morgan fingerprint density at radius 3 is 2.67 bits per heavy atom. The summed E-state index contributed by atoms with van der Waals surface area (Å²) in [6, 6.07) is 15.3. The second-order valence-corrected chi connectivity index (χ2v) is 4.94. The molecule has 1 heterocycles. The SMILES string of the molecule is O=C1OC(Nc2ccccc2)c2ccc(Br)cc21. The third-order valence-corrected chi connectivity index (χ3v) is 3.31. The topological polar surface area (TPSA) is 38.3 Å². The quantitative estimate of drug-likeness (QED) is 0.859. The van der Waals surface area contributed by atoms with E-state index in [1.165, 1.54) is 0 Å². The zero-order chi connectivity index (χ0) is 12.5. The number of esters is 1. The van der Waals surface area contributed by atoms with Gasteiger partial charge in [0.1, 0.15) is 0 Å². The Kier molecular flexibility index (Phi) is 2.80. The molecule has 4 heteroatoms. The summed E-state index contributed by atoms with van der Waals surface area (Å²) in [4.78, 5) is 11.7. The summed E-state index contributed by atoms with van der Waals surface area (Å²) in [5.74, 6) is -0.292. The molecule has 18 heavy (non-hydrogen) atoms. The highest BCUT2D eigenvalue weighted by Gasteiger charge is 2.30. The smallest absolute Gasteiger partial charge is 0.340 e. The van der Waals surface area contributed by atoms with Crippen molar-refractivity contribution in [1.29, 1.82) is 0 Å². The summed E-state index contributed by atoms with van der Waals surface area (Å²) in [6.45, 7) is 0. The van der Waals surface area contributed by atoms with Crippen LogP contribution in [-0.2, 0) is 4.74 Å². The van der Waals surface area contributed by atoms with Crippen molar-refractivity contribution in [2.24, 2.45) is 0 Å². The minimum atomic E-state index is -0.414. The molecular weight excluding hydrogens is 294 g/mol. The first kappa shape index (κ1) is 11.3. The van der Waals surface area contributed by atoms with Crippen LogP contribution in [0, 0.1) is 0 Å². The van der Waals surface area contributed by atoms with Crippen LogP contribution in [0.3, 0.4) is 0 Å². The van der Waals surface area contributed by atoms with Gasteiger partial charge in [-0.3, -0.25) is 0 Å². The number of fused-ring (bicyclic) bond motifs is 1. The van der Waals surface area contributed by atoms with E-state index < -0.39 is 6.23 Å². The number of anilines is 1. The number of cyclic esters (lactones) is 1. The van der Waals surface area contributed by atoms with Crippen LogP contribution in [0.2, 0.25) is 0 Å². The number of carbonyl (C=O) groups is 1. The van der Waals surface area contributed by atoms with Gasteiger partial charge in [0.15, 0.2) is 0 Å². The predicted molar refractivity (Wildman–Crippen MR) is 72.4 cm³/mol. The molecule has 1 aliphatic heterocycles. The Bertz CT molecular complexity index is 598. The molecule has 1 unspecified atom stereocenters. The molecule has 1 aliphatic rings. The zero-order valence-corrected chi connectivity index (χ0v) is 11.0. The van der Waals surface area contributed by atoms with Crippen LogP contribution in [-0.4, -0.2) is 5.97 Å². The standard InChI is InChI=1S/C14H10BrNO2/c15-9-6-7-11-12(8-9)14(17)18-13(11)16-10-4-2-1-3-5-10/h1-8,13,16H. The van der Waals surface area contributed by atoms with Crippen LogP contribution in [0.4, 0.5) is 5.69 Å². The number of nitrogens with one attached hydrogen (secondary N) is 1. The number of carbonyl (C=O) groups excluding carboxylic acids is 1. The van der Waals surface area contributed by atoms with Gasteiger partial charge in [0.2, 0.25) is 6.23 Å². The van der Waals surface area contributed by atoms with Crippen molar-refractivity contribution in [3.63, 3.8) is 0 Å². The molecule has 0 amide bonds. The van der Waals surface area contributed by atoms with Crippen molar-refractivity contribution >= 4 is 27.6 Å². The molecule has 90 valence electrons. The number of hydrogen-bond donors (Lipinski definition) is 1. The maximum Gasteiger partial charge on any atom is 0.340 e. The fourth-order valence-electron chi connectivity index (χ4n) is 1.96. The molecule has 0 spiro atoms. The molecule has 0 aliphatic carbocycles. The van der Waals surface area contributed by atoms with Gasteiger partial charge in [-0.2, -0.15) is 0 Å². The minimum Gasteiger partial charge on any atom is -0.434 e. The first-order chi connectivity index (χ1) is 8.74. The van der Waals surface area contributed by atoms with E-state index in [1.807, 2.05) is 42.5 Å². The van der Waals surface area contributed by atoms with E-state index in [9.17, 15) is 4.79 Å². The minimum absolute atomic E-state index is 0.292. The molecule has 3 nitrogen and oxygen atoms in total. The normalized spacial score (nSPS) is 17.2. The molecular formula is C14H10BrNO2. The molecule has 3 rings (SSSR count). The summed E-state index contributed by atoms with van der Waals surface area (Å²) in [5.41, 5.74) is 2.40. The molecule has 1 N–H and O–H groups in total. The summed E-state index contributed by atoms with van der Waals surface area (Å²) in [6.07, 6.45) is -0.414. The second kappa shape index (κ2) is 4.46. The molecule has 0 bridgehead atoms.